The first-order chi connectivity index (χ1) is 11.1. The molecule has 3 rings (SSSR count). The van der Waals surface area contributed by atoms with Gasteiger partial charge in [0, 0.05) is 17.4 Å². The Morgan fingerprint density at radius 2 is 2.12 bits per heavy atom. The van der Waals surface area contributed by atoms with Gasteiger partial charge in [-0.05, 0) is 12.8 Å². The average molecular weight is 361 g/mol. The average Bonchev–Trinajstić information content (AvgIpc) is 3.16. The van der Waals surface area contributed by atoms with Gasteiger partial charge in [-0.15, -0.1) is 10.2 Å². The minimum atomic E-state index is -3.69. The lowest BCUT2D eigenvalue weighted by Gasteiger charge is -2.39. The molecule has 2 heterocycles. The number of rotatable bonds is 4. The molecule has 6 N–H and O–H groups in total. The topological polar surface area (TPSA) is 175 Å². The summed E-state index contributed by atoms with van der Waals surface area (Å²) in [4.78, 5) is 0. The van der Waals surface area contributed by atoms with E-state index in [0.29, 0.717) is 0 Å². The summed E-state index contributed by atoms with van der Waals surface area (Å²) in [6.45, 7) is 2.87. The van der Waals surface area contributed by atoms with Gasteiger partial charge in [0.15, 0.2) is 9.84 Å². The maximum Gasteiger partial charge on any atom is 0.206 e. The van der Waals surface area contributed by atoms with Gasteiger partial charge in [-0.2, -0.15) is 5.21 Å². The second kappa shape index (κ2) is 5.43. The Labute approximate surface area is 139 Å². The molecule has 1 aliphatic carbocycles. The Balaban J connectivity index is 2.06. The number of aromatic amines is 1. The van der Waals surface area contributed by atoms with Crippen LogP contribution in [0, 0.1) is 11.3 Å². The SMILES string of the molecule is CC1(C)[C@@H](N)[C@H]2[C@H](C[C@H](C[C@H](O)CO)S2(=O)=O)[C@@]1(O)c1nn[nH]n1. The summed E-state index contributed by atoms with van der Waals surface area (Å²) in [5.74, 6) is -0.685. The van der Waals surface area contributed by atoms with Gasteiger partial charge < -0.3 is 21.1 Å². The standard InChI is InChI=1S/C13H23N5O5S/c1-12(2)10(14)9-8(13(12,21)11-15-17-18-16-11)4-7(24(9,22)23)3-6(20)5-19/h6-10,19-21H,3-5,14H2,1-2H3,(H,15,16,17,18)/t6-,7-,8-,9+,10-,13+/m0/s1. The van der Waals surface area contributed by atoms with Gasteiger partial charge in [0.25, 0.3) is 0 Å². The van der Waals surface area contributed by atoms with E-state index in [1.54, 1.807) is 13.8 Å². The Morgan fingerprint density at radius 3 is 2.67 bits per heavy atom. The second-order valence-electron chi connectivity index (χ2n) is 7.34. The van der Waals surface area contributed by atoms with E-state index in [1.807, 2.05) is 0 Å². The van der Waals surface area contributed by atoms with Gasteiger partial charge in [0.1, 0.15) is 5.60 Å². The van der Waals surface area contributed by atoms with Gasteiger partial charge >= 0.3 is 0 Å². The number of fused-ring (bicyclic) bond motifs is 1. The highest BCUT2D eigenvalue weighted by Gasteiger charge is 2.72. The van der Waals surface area contributed by atoms with Crippen LogP contribution in [0.5, 0.6) is 0 Å². The van der Waals surface area contributed by atoms with Crippen molar-refractivity contribution in [3.05, 3.63) is 5.82 Å². The van der Waals surface area contributed by atoms with Crippen LogP contribution in [0.4, 0.5) is 0 Å². The zero-order valence-electron chi connectivity index (χ0n) is 13.5. The first-order valence-corrected chi connectivity index (χ1v) is 9.43. The molecule has 0 radical (unpaired) electrons. The fourth-order valence-corrected chi connectivity index (χ4v) is 7.32. The predicted molar refractivity (Wildman–Crippen MR) is 82.1 cm³/mol. The lowest BCUT2D eigenvalue weighted by molar-refractivity contribution is -0.0943. The molecule has 24 heavy (non-hydrogen) atoms. The molecule has 2 aliphatic rings. The van der Waals surface area contributed by atoms with Crippen LogP contribution in [0.3, 0.4) is 0 Å². The van der Waals surface area contributed by atoms with Gasteiger partial charge in [0.2, 0.25) is 5.82 Å². The minimum Gasteiger partial charge on any atom is -0.394 e. The third-order valence-corrected chi connectivity index (χ3v) is 8.59. The van der Waals surface area contributed by atoms with E-state index < -0.39 is 56.0 Å². The van der Waals surface area contributed by atoms with Gasteiger partial charge in [-0.25, -0.2) is 8.42 Å². The first kappa shape index (κ1) is 17.7. The van der Waals surface area contributed by atoms with Crippen molar-refractivity contribution >= 4 is 9.84 Å². The van der Waals surface area contributed by atoms with E-state index in [2.05, 4.69) is 20.6 Å². The molecule has 0 aromatic carbocycles. The van der Waals surface area contributed by atoms with Crippen molar-refractivity contribution < 1.29 is 23.7 Å². The molecule has 10 nitrogen and oxygen atoms in total. The number of aliphatic hydroxyl groups is 3. The molecule has 0 unspecified atom stereocenters. The normalized spacial score (nSPS) is 41.2. The summed E-state index contributed by atoms with van der Waals surface area (Å²) in [6, 6.07) is -0.827. The fraction of sp³-hybridized carbons (Fsp3) is 0.923. The molecule has 6 atom stereocenters. The summed E-state index contributed by atoms with van der Waals surface area (Å²) >= 11 is 0. The van der Waals surface area contributed by atoms with Crippen LogP contribution in [0.15, 0.2) is 0 Å². The molecule has 136 valence electrons. The highest BCUT2D eigenvalue weighted by atomic mass is 32.2. The maximum atomic E-state index is 12.9. The van der Waals surface area contributed by atoms with Crippen LogP contribution in [0.1, 0.15) is 32.5 Å². The Morgan fingerprint density at radius 1 is 1.46 bits per heavy atom. The van der Waals surface area contributed by atoms with Gasteiger partial charge in [-0.1, -0.05) is 19.1 Å². The van der Waals surface area contributed by atoms with Crippen molar-refractivity contribution in [3.8, 4) is 0 Å². The van der Waals surface area contributed by atoms with Crippen molar-refractivity contribution in [1.82, 2.24) is 20.6 Å². The van der Waals surface area contributed by atoms with Crippen molar-refractivity contribution in [1.29, 1.82) is 0 Å². The molecular weight excluding hydrogens is 338 g/mol. The van der Waals surface area contributed by atoms with Gasteiger partial charge in [0.05, 0.1) is 23.2 Å². The van der Waals surface area contributed by atoms with E-state index in [4.69, 9.17) is 10.8 Å². The van der Waals surface area contributed by atoms with Crippen molar-refractivity contribution in [2.45, 2.75) is 54.9 Å². The maximum absolute atomic E-state index is 12.9. The number of sulfone groups is 1. The van der Waals surface area contributed by atoms with Crippen LogP contribution in [-0.4, -0.2) is 73.6 Å². The molecule has 1 aromatic rings. The largest absolute Gasteiger partial charge is 0.394 e. The van der Waals surface area contributed by atoms with Crippen LogP contribution >= 0.6 is 0 Å². The molecule has 11 heteroatoms. The van der Waals surface area contributed by atoms with E-state index >= 15 is 0 Å². The van der Waals surface area contributed by atoms with E-state index in [-0.39, 0.29) is 18.7 Å². The van der Waals surface area contributed by atoms with Crippen LogP contribution in [0.2, 0.25) is 0 Å². The first-order valence-electron chi connectivity index (χ1n) is 7.82. The molecule has 0 spiro atoms. The second-order valence-corrected chi connectivity index (χ2v) is 9.73. The number of aromatic nitrogens is 4. The van der Waals surface area contributed by atoms with Gasteiger partial charge in [-0.3, -0.25) is 0 Å². The summed E-state index contributed by atoms with van der Waals surface area (Å²) < 4.78 is 25.9. The smallest absolute Gasteiger partial charge is 0.206 e. The summed E-state index contributed by atoms with van der Waals surface area (Å²) in [5, 5.41) is 41.7. The lowest BCUT2D eigenvalue weighted by Crippen LogP contribution is -2.51. The summed E-state index contributed by atoms with van der Waals surface area (Å²) in [6.07, 6.45) is -1.11. The van der Waals surface area contributed by atoms with Crippen LogP contribution in [-0.2, 0) is 15.4 Å². The Kier molecular flexibility index (Phi) is 4.00. The number of hydrogen-bond donors (Lipinski definition) is 5. The highest BCUT2D eigenvalue weighted by Crippen LogP contribution is 2.61. The Hall–Kier alpha value is -1.14. The van der Waals surface area contributed by atoms with E-state index in [9.17, 15) is 18.6 Å². The molecule has 1 saturated heterocycles. The third-order valence-electron chi connectivity index (χ3n) is 5.90. The predicted octanol–water partition coefficient (Wildman–Crippen LogP) is -2.33. The number of nitrogens with one attached hydrogen (secondary N) is 1. The summed E-state index contributed by atoms with van der Waals surface area (Å²) in [7, 11) is -3.69. The van der Waals surface area contributed by atoms with Crippen molar-refractivity contribution in [3.63, 3.8) is 0 Å². The molecular formula is C13H23N5O5S. The monoisotopic (exact) mass is 361 g/mol. The Bertz CT molecular complexity index is 708. The number of tetrazole rings is 1. The molecule has 0 amide bonds. The van der Waals surface area contributed by atoms with E-state index in [0.717, 1.165) is 0 Å². The summed E-state index contributed by atoms with van der Waals surface area (Å²) in [5.41, 5.74) is 3.60. The van der Waals surface area contributed by atoms with Crippen LogP contribution < -0.4 is 5.73 Å². The molecule has 1 aromatic heterocycles. The third kappa shape index (κ3) is 2.08. The number of hydrogen-bond acceptors (Lipinski definition) is 9. The van der Waals surface area contributed by atoms with Crippen molar-refractivity contribution in [2.24, 2.45) is 17.1 Å². The number of nitrogens with two attached hydrogens (primary N) is 1. The van der Waals surface area contributed by atoms with Crippen molar-refractivity contribution in [2.75, 3.05) is 6.61 Å². The number of H-pyrrole nitrogens is 1. The molecule has 1 saturated carbocycles. The van der Waals surface area contributed by atoms with Crippen LogP contribution in [0.25, 0.3) is 0 Å². The van der Waals surface area contributed by atoms with E-state index in [1.165, 1.54) is 0 Å². The highest BCUT2D eigenvalue weighted by molar-refractivity contribution is 7.93. The lowest BCUT2D eigenvalue weighted by atomic mass is 9.71. The fourth-order valence-electron chi connectivity index (χ4n) is 4.39. The zero-order chi connectivity index (χ0) is 17.9. The minimum absolute atomic E-state index is 0.0222. The molecule has 2 fully saturated rings. The zero-order valence-corrected chi connectivity index (χ0v) is 14.3. The number of aliphatic hydroxyl groups excluding tert-OH is 2. The quantitative estimate of drug-likeness (QED) is 0.394. The number of nitrogens with zero attached hydrogens (tertiary/aromatic N) is 3. The molecule has 0 bridgehead atoms. The molecule has 1 aliphatic heterocycles.